The van der Waals surface area contributed by atoms with E-state index in [4.69, 9.17) is 9.72 Å². The molecule has 168 valence electrons. The normalized spacial score (nSPS) is 15.4. The number of para-hydroxylation sites is 1. The number of ether oxygens (including phenoxy) is 1. The maximum absolute atomic E-state index is 13.4. The van der Waals surface area contributed by atoms with E-state index in [9.17, 15) is 9.59 Å². The Morgan fingerprint density at radius 1 is 1.19 bits per heavy atom. The van der Waals surface area contributed by atoms with Crippen LogP contribution in [0.1, 0.15) is 39.0 Å². The van der Waals surface area contributed by atoms with Crippen LogP contribution >= 0.6 is 11.8 Å². The third-order valence-electron chi connectivity index (χ3n) is 6.00. The molecule has 0 spiro atoms. The number of rotatable bonds is 7. The highest BCUT2D eigenvalue weighted by molar-refractivity contribution is 8.00. The van der Waals surface area contributed by atoms with E-state index in [-0.39, 0.29) is 16.7 Å². The number of hydrogen-bond donors (Lipinski definition) is 1. The van der Waals surface area contributed by atoms with Crippen LogP contribution in [0.2, 0.25) is 0 Å². The van der Waals surface area contributed by atoms with Crippen molar-refractivity contribution in [1.82, 2.24) is 14.9 Å². The first-order valence-corrected chi connectivity index (χ1v) is 12.1. The summed E-state index contributed by atoms with van der Waals surface area (Å²) < 4.78 is 6.92. The fraction of sp³-hybridized carbons (Fsp3) is 0.400. The van der Waals surface area contributed by atoms with Gasteiger partial charge in [-0.1, -0.05) is 49.2 Å². The highest BCUT2D eigenvalue weighted by atomic mass is 32.2. The Morgan fingerprint density at radius 3 is 2.75 bits per heavy atom. The average molecular weight is 452 g/mol. The first-order valence-electron chi connectivity index (χ1n) is 11.2. The van der Waals surface area contributed by atoms with Crippen molar-refractivity contribution < 1.29 is 9.53 Å². The van der Waals surface area contributed by atoms with Gasteiger partial charge in [0, 0.05) is 12.6 Å². The minimum absolute atomic E-state index is 0.0276. The molecule has 1 heterocycles. The highest BCUT2D eigenvalue weighted by Gasteiger charge is 2.22. The van der Waals surface area contributed by atoms with Crippen LogP contribution in [0.4, 0.5) is 0 Å². The molecule has 7 heteroatoms. The zero-order valence-corrected chi connectivity index (χ0v) is 19.4. The number of methoxy groups -OCH3 is 1. The lowest BCUT2D eigenvalue weighted by molar-refractivity contribution is -0.120. The number of nitrogens with one attached hydrogen (secondary N) is 1. The van der Waals surface area contributed by atoms with Crippen LogP contribution in [0.15, 0.2) is 58.5 Å². The third kappa shape index (κ3) is 4.99. The molecule has 2 aromatic carbocycles. The van der Waals surface area contributed by atoms with E-state index in [1.54, 1.807) is 23.8 Å². The SMILES string of the molecule is COc1cccc(-n2c(SC(C)C(=O)NCC3CCCCC3)nc3ccccc3c2=O)c1. The Hall–Kier alpha value is -2.80. The van der Waals surface area contributed by atoms with Gasteiger partial charge in [-0.25, -0.2) is 4.98 Å². The van der Waals surface area contributed by atoms with Crippen LogP contribution in [0.25, 0.3) is 16.6 Å². The van der Waals surface area contributed by atoms with Crippen molar-refractivity contribution in [3.63, 3.8) is 0 Å². The molecular weight excluding hydrogens is 422 g/mol. The van der Waals surface area contributed by atoms with Crippen LogP contribution in [0.5, 0.6) is 5.75 Å². The number of amides is 1. The van der Waals surface area contributed by atoms with Crippen molar-refractivity contribution in [2.75, 3.05) is 13.7 Å². The van der Waals surface area contributed by atoms with E-state index in [1.165, 1.54) is 43.9 Å². The molecule has 0 bridgehead atoms. The summed E-state index contributed by atoms with van der Waals surface area (Å²) in [5.41, 5.74) is 1.11. The molecule has 1 aliphatic rings. The largest absolute Gasteiger partial charge is 0.497 e. The standard InChI is InChI=1S/C25H29N3O3S/c1-17(23(29)26-16-18-9-4-3-5-10-18)32-25-27-22-14-7-6-13-21(22)24(30)28(25)19-11-8-12-20(15-19)31-2/h6-8,11-15,17-18H,3-5,9-10,16H2,1-2H3,(H,26,29). The molecule has 1 aliphatic carbocycles. The lowest BCUT2D eigenvalue weighted by Crippen LogP contribution is -2.35. The molecule has 6 nitrogen and oxygen atoms in total. The maximum Gasteiger partial charge on any atom is 0.266 e. The molecular formula is C25H29N3O3S. The smallest absolute Gasteiger partial charge is 0.266 e. The maximum atomic E-state index is 13.4. The van der Waals surface area contributed by atoms with Crippen LogP contribution in [0.3, 0.4) is 0 Å². The van der Waals surface area contributed by atoms with Crippen LogP contribution in [0, 0.1) is 5.92 Å². The van der Waals surface area contributed by atoms with Crippen molar-refractivity contribution in [3.05, 3.63) is 58.9 Å². The fourth-order valence-corrected chi connectivity index (χ4v) is 5.11. The molecule has 0 radical (unpaired) electrons. The zero-order chi connectivity index (χ0) is 22.5. The summed E-state index contributed by atoms with van der Waals surface area (Å²) in [6.45, 7) is 2.58. The number of carbonyl (C=O) groups excluding carboxylic acids is 1. The van der Waals surface area contributed by atoms with Crippen molar-refractivity contribution in [3.8, 4) is 11.4 Å². The monoisotopic (exact) mass is 451 g/mol. The van der Waals surface area contributed by atoms with E-state index in [1.807, 2.05) is 43.3 Å². The van der Waals surface area contributed by atoms with E-state index in [2.05, 4.69) is 5.32 Å². The summed E-state index contributed by atoms with van der Waals surface area (Å²) in [7, 11) is 1.59. The van der Waals surface area contributed by atoms with E-state index >= 15 is 0 Å². The molecule has 1 saturated carbocycles. The van der Waals surface area contributed by atoms with Crippen molar-refractivity contribution in [2.45, 2.75) is 49.4 Å². The molecule has 0 aliphatic heterocycles. The van der Waals surface area contributed by atoms with Gasteiger partial charge in [-0.15, -0.1) is 0 Å². The topological polar surface area (TPSA) is 73.2 Å². The lowest BCUT2D eigenvalue weighted by atomic mass is 9.89. The van der Waals surface area contributed by atoms with Crippen molar-refractivity contribution in [2.24, 2.45) is 5.92 Å². The number of aromatic nitrogens is 2. The second-order valence-corrected chi connectivity index (χ2v) is 9.57. The van der Waals surface area contributed by atoms with E-state index < -0.39 is 0 Å². The Kier molecular flexibility index (Phi) is 7.15. The number of carbonyl (C=O) groups is 1. The van der Waals surface area contributed by atoms with Crippen LogP contribution in [-0.2, 0) is 4.79 Å². The number of thioether (sulfide) groups is 1. The molecule has 1 atom stereocenters. The van der Waals surface area contributed by atoms with Crippen molar-refractivity contribution in [1.29, 1.82) is 0 Å². The summed E-state index contributed by atoms with van der Waals surface area (Å²) in [5, 5.41) is 3.75. The average Bonchev–Trinajstić information content (AvgIpc) is 2.83. The summed E-state index contributed by atoms with van der Waals surface area (Å²) in [4.78, 5) is 31.0. The molecule has 1 N–H and O–H groups in total. The van der Waals surface area contributed by atoms with Gasteiger partial charge in [0.1, 0.15) is 5.75 Å². The summed E-state index contributed by atoms with van der Waals surface area (Å²) in [6, 6.07) is 14.6. The highest BCUT2D eigenvalue weighted by Crippen LogP contribution is 2.27. The molecule has 1 fully saturated rings. The lowest BCUT2D eigenvalue weighted by Gasteiger charge is -2.22. The number of fused-ring (bicyclic) bond motifs is 1. The van der Waals surface area contributed by atoms with Crippen LogP contribution in [-0.4, -0.2) is 34.4 Å². The third-order valence-corrected chi connectivity index (χ3v) is 7.05. The van der Waals surface area contributed by atoms with E-state index in [0.717, 1.165) is 6.54 Å². The predicted octanol–water partition coefficient (Wildman–Crippen LogP) is 4.57. The van der Waals surface area contributed by atoms with Gasteiger partial charge in [0.2, 0.25) is 5.91 Å². The zero-order valence-electron chi connectivity index (χ0n) is 18.5. The minimum Gasteiger partial charge on any atom is -0.497 e. The molecule has 1 aromatic heterocycles. The van der Waals surface area contributed by atoms with Gasteiger partial charge in [0.25, 0.3) is 5.56 Å². The van der Waals surface area contributed by atoms with Crippen molar-refractivity contribution >= 4 is 28.6 Å². The fourth-order valence-electron chi connectivity index (χ4n) is 4.16. The molecule has 1 amide bonds. The summed E-state index contributed by atoms with van der Waals surface area (Å²) in [6.07, 6.45) is 6.16. The molecule has 0 saturated heterocycles. The Labute approximate surface area is 192 Å². The Balaban J connectivity index is 1.63. The summed E-state index contributed by atoms with van der Waals surface area (Å²) >= 11 is 1.30. The van der Waals surface area contributed by atoms with Gasteiger partial charge in [-0.3, -0.25) is 14.2 Å². The van der Waals surface area contributed by atoms with Gasteiger partial charge in [0.15, 0.2) is 5.16 Å². The van der Waals surface area contributed by atoms with Gasteiger partial charge >= 0.3 is 0 Å². The Morgan fingerprint density at radius 2 is 1.97 bits per heavy atom. The number of benzene rings is 2. The van der Waals surface area contributed by atoms with Gasteiger partial charge in [0.05, 0.1) is 29.0 Å². The number of nitrogens with zero attached hydrogens (tertiary/aromatic N) is 2. The minimum atomic E-state index is -0.386. The Bertz CT molecular complexity index is 1150. The molecule has 32 heavy (non-hydrogen) atoms. The van der Waals surface area contributed by atoms with Gasteiger partial charge < -0.3 is 10.1 Å². The van der Waals surface area contributed by atoms with E-state index in [0.29, 0.717) is 33.4 Å². The predicted molar refractivity (Wildman–Crippen MR) is 129 cm³/mol. The van der Waals surface area contributed by atoms with Gasteiger partial charge in [-0.05, 0) is 49.9 Å². The number of hydrogen-bond acceptors (Lipinski definition) is 5. The first-order chi connectivity index (χ1) is 15.6. The van der Waals surface area contributed by atoms with Gasteiger partial charge in [-0.2, -0.15) is 0 Å². The molecule has 1 unspecified atom stereocenters. The quantitative estimate of drug-likeness (QED) is 0.421. The first kappa shape index (κ1) is 22.4. The summed E-state index contributed by atoms with van der Waals surface area (Å²) in [5.74, 6) is 1.19. The second kappa shape index (κ2) is 10.2. The second-order valence-electron chi connectivity index (χ2n) is 8.26. The molecule has 3 aromatic rings. The van der Waals surface area contributed by atoms with Crippen LogP contribution < -0.4 is 15.6 Å². The molecule has 4 rings (SSSR count).